The zero-order valence-electron chi connectivity index (χ0n) is 11.4. The molecule has 20 heavy (non-hydrogen) atoms. The van der Waals surface area contributed by atoms with Gasteiger partial charge in [0.2, 0.25) is 0 Å². The Morgan fingerprint density at radius 3 is 2.50 bits per heavy atom. The van der Waals surface area contributed by atoms with Crippen molar-refractivity contribution in [1.82, 2.24) is 0 Å². The zero-order valence-corrected chi connectivity index (χ0v) is 12.2. The van der Waals surface area contributed by atoms with Crippen molar-refractivity contribution in [1.29, 1.82) is 0 Å². The molecular formula is C14H18O5S. The Kier molecular flexibility index (Phi) is 6.19. The molecule has 0 aliphatic carbocycles. The Bertz CT molecular complexity index is 500. The largest absolute Gasteiger partial charge is 0.478 e. The summed E-state index contributed by atoms with van der Waals surface area (Å²) in [6.45, 7) is 3.03. The monoisotopic (exact) mass is 298 g/mol. The van der Waals surface area contributed by atoms with E-state index in [-0.39, 0.29) is 17.1 Å². The average molecular weight is 298 g/mol. The summed E-state index contributed by atoms with van der Waals surface area (Å²) in [6, 6.07) is 4.58. The summed E-state index contributed by atoms with van der Waals surface area (Å²) in [5.41, 5.74) is 0.933. The first-order valence-electron chi connectivity index (χ1n) is 6.17. The van der Waals surface area contributed by atoms with E-state index >= 15 is 0 Å². The topological polar surface area (TPSA) is 94.8 Å². The number of benzene rings is 1. The maximum Gasteiger partial charge on any atom is 0.335 e. The minimum absolute atomic E-state index is 0.0456. The molecule has 0 aliphatic heterocycles. The van der Waals surface area contributed by atoms with Gasteiger partial charge in [0.15, 0.2) is 5.12 Å². The normalized spacial score (nSPS) is 13.8. The predicted molar refractivity (Wildman–Crippen MR) is 76.9 cm³/mol. The van der Waals surface area contributed by atoms with Crippen LogP contribution in [-0.4, -0.2) is 38.3 Å². The van der Waals surface area contributed by atoms with Crippen molar-refractivity contribution in [3.8, 4) is 0 Å². The highest BCUT2D eigenvalue weighted by Crippen LogP contribution is 2.25. The van der Waals surface area contributed by atoms with Crippen LogP contribution in [0.1, 0.15) is 40.9 Å². The number of hydrogen-bond donors (Lipinski definition) is 3. The van der Waals surface area contributed by atoms with Crippen LogP contribution < -0.4 is 0 Å². The second-order valence-corrected chi connectivity index (χ2v) is 5.74. The van der Waals surface area contributed by atoms with E-state index in [1.165, 1.54) is 19.1 Å². The van der Waals surface area contributed by atoms with Gasteiger partial charge in [0.1, 0.15) is 6.10 Å². The van der Waals surface area contributed by atoms with Gasteiger partial charge in [-0.2, -0.15) is 0 Å². The summed E-state index contributed by atoms with van der Waals surface area (Å²) in [7, 11) is 0. The predicted octanol–water partition coefficient (Wildman–Crippen LogP) is 1.76. The molecule has 2 atom stereocenters. The number of aliphatic hydroxyl groups is 2. The molecule has 0 spiro atoms. The summed E-state index contributed by atoms with van der Waals surface area (Å²) in [5.74, 6) is -0.663. The summed E-state index contributed by atoms with van der Waals surface area (Å²) in [6.07, 6.45) is -1.95. The fourth-order valence-corrected chi connectivity index (χ4v) is 2.54. The quantitative estimate of drug-likeness (QED) is 0.740. The van der Waals surface area contributed by atoms with Crippen LogP contribution in [-0.2, 0) is 4.79 Å². The Morgan fingerprint density at radius 1 is 1.30 bits per heavy atom. The van der Waals surface area contributed by atoms with Crippen molar-refractivity contribution in [3.63, 3.8) is 0 Å². The van der Waals surface area contributed by atoms with Crippen molar-refractivity contribution in [2.75, 3.05) is 5.75 Å². The SMILES string of the molecule is CC(=O)SCCC(O)C(O)c1cccc(C(=O)O)c1C. The Morgan fingerprint density at radius 2 is 1.95 bits per heavy atom. The first-order chi connectivity index (χ1) is 9.34. The molecule has 0 aromatic heterocycles. The second kappa shape index (κ2) is 7.42. The van der Waals surface area contributed by atoms with Crippen molar-refractivity contribution in [3.05, 3.63) is 34.9 Å². The summed E-state index contributed by atoms with van der Waals surface area (Å²) < 4.78 is 0. The highest BCUT2D eigenvalue weighted by molar-refractivity contribution is 8.13. The van der Waals surface area contributed by atoms with Crippen molar-refractivity contribution >= 4 is 22.8 Å². The van der Waals surface area contributed by atoms with Gasteiger partial charge in [-0.1, -0.05) is 23.9 Å². The number of rotatable bonds is 6. The summed E-state index contributed by atoms with van der Waals surface area (Å²) in [4.78, 5) is 21.8. The molecule has 1 aromatic rings. The molecule has 0 radical (unpaired) electrons. The van der Waals surface area contributed by atoms with Crippen LogP contribution in [0, 0.1) is 6.92 Å². The molecule has 2 unspecified atom stereocenters. The summed E-state index contributed by atoms with van der Waals surface area (Å²) in [5, 5.41) is 29.0. The second-order valence-electron chi connectivity index (χ2n) is 4.47. The molecule has 0 saturated heterocycles. The van der Waals surface area contributed by atoms with E-state index in [0.29, 0.717) is 16.9 Å². The van der Waals surface area contributed by atoms with Gasteiger partial charge in [-0.15, -0.1) is 0 Å². The van der Waals surface area contributed by atoms with Crippen LogP contribution in [0.5, 0.6) is 0 Å². The van der Waals surface area contributed by atoms with Crippen LogP contribution in [0.4, 0.5) is 0 Å². The molecule has 1 aromatic carbocycles. The van der Waals surface area contributed by atoms with Gasteiger partial charge in [-0.3, -0.25) is 4.79 Å². The van der Waals surface area contributed by atoms with Crippen LogP contribution in [0.3, 0.4) is 0 Å². The molecule has 3 N–H and O–H groups in total. The smallest absolute Gasteiger partial charge is 0.335 e. The molecule has 5 nitrogen and oxygen atoms in total. The lowest BCUT2D eigenvalue weighted by atomic mass is 9.95. The lowest BCUT2D eigenvalue weighted by molar-refractivity contribution is -0.109. The number of aliphatic hydroxyl groups excluding tert-OH is 2. The third-order valence-electron chi connectivity index (χ3n) is 3.01. The number of carboxylic acids is 1. The van der Waals surface area contributed by atoms with Crippen molar-refractivity contribution in [2.45, 2.75) is 32.5 Å². The van der Waals surface area contributed by atoms with E-state index in [4.69, 9.17) is 5.11 Å². The van der Waals surface area contributed by atoms with Crippen LogP contribution in [0.15, 0.2) is 18.2 Å². The first kappa shape index (κ1) is 16.7. The van der Waals surface area contributed by atoms with Gasteiger partial charge in [-0.05, 0) is 30.5 Å². The number of hydrogen-bond acceptors (Lipinski definition) is 5. The third-order valence-corrected chi connectivity index (χ3v) is 3.85. The summed E-state index contributed by atoms with van der Waals surface area (Å²) >= 11 is 1.08. The Labute approximate surface area is 121 Å². The van der Waals surface area contributed by atoms with Gasteiger partial charge in [0.05, 0.1) is 11.7 Å². The van der Waals surface area contributed by atoms with Crippen molar-refractivity contribution in [2.24, 2.45) is 0 Å². The molecule has 0 bridgehead atoms. The minimum Gasteiger partial charge on any atom is -0.478 e. The molecule has 6 heteroatoms. The highest BCUT2D eigenvalue weighted by Gasteiger charge is 2.22. The number of aromatic carboxylic acids is 1. The van der Waals surface area contributed by atoms with Gasteiger partial charge < -0.3 is 15.3 Å². The van der Waals surface area contributed by atoms with E-state index in [0.717, 1.165) is 11.8 Å². The number of carbonyl (C=O) groups is 2. The lowest BCUT2D eigenvalue weighted by Gasteiger charge is -2.20. The number of carbonyl (C=O) groups excluding carboxylic acids is 1. The molecule has 1 rings (SSSR count). The van der Waals surface area contributed by atoms with Crippen LogP contribution in [0.2, 0.25) is 0 Å². The Hall–Kier alpha value is -1.37. The van der Waals surface area contributed by atoms with Gasteiger partial charge in [0.25, 0.3) is 0 Å². The molecule has 0 heterocycles. The maximum atomic E-state index is 11.0. The van der Waals surface area contributed by atoms with E-state index in [9.17, 15) is 19.8 Å². The van der Waals surface area contributed by atoms with Gasteiger partial charge >= 0.3 is 5.97 Å². The van der Waals surface area contributed by atoms with E-state index in [1.54, 1.807) is 13.0 Å². The van der Waals surface area contributed by atoms with E-state index < -0.39 is 18.2 Å². The van der Waals surface area contributed by atoms with Crippen molar-refractivity contribution < 1.29 is 24.9 Å². The van der Waals surface area contributed by atoms with Gasteiger partial charge in [-0.25, -0.2) is 4.79 Å². The fourth-order valence-electron chi connectivity index (χ4n) is 1.89. The third kappa shape index (κ3) is 4.33. The highest BCUT2D eigenvalue weighted by atomic mass is 32.2. The van der Waals surface area contributed by atoms with Gasteiger partial charge in [0, 0.05) is 12.7 Å². The lowest BCUT2D eigenvalue weighted by Crippen LogP contribution is -2.20. The fraction of sp³-hybridized carbons (Fsp3) is 0.429. The molecular weight excluding hydrogens is 280 g/mol. The minimum atomic E-state index is -1.16. The molecule has 0 amide bonds. The zero-order chi connectivity index (χ0) is 15.3. The molecule has 110 valence electrons. The maximum absolute atomic E-state index is 11.0. The molecule has 0 aliphatic rings. The van der Waals surface area contributed by atoms with E-state index in [1.807, 2.05) is 0 Å². The number of carboxylic acid groups (broad SMARTS) is 1. The molecule has 0 saturated carbocycles. The standard InChI is InChI=1S/C14H18O5S/c1-8-10(4-3-5-11(8)14(18)19)13(17)12(16)6-7-20-9(2)15/h3-5,12-13,16-17H,6-7H2,1-2H3,(H,18,19). The number of thioether (sulfide) groups is 1. The average Bonchev–Trinajstić information content (AvgIpc) is 2.37. The first-order valence-corrected chi connectivity index (χ1v) is 7.15. The van der Waals surface area contributed by atoms with E-state index in [2.05, 4.69) is 0 Å². The molecule has 0 fully saturated rings. The van der Waals surface area contributed by atoms with Crippen LogP contribution in [0.25, 0.3) is 0 Å². The Balaban J connectivity index is 2.81. The van der Waals surface area contributed by atoms with Crippen LogP contribution >= 0.6 is 11.8 Å².